The molecule has 0 radical (unpaired) electrons. The van der Waals surface area contributed by atoms with Gasteiger partial charge in [-0.3, -0.25) is 9.59 Å². The van der Waals surface area contributed by atoms with Gasteiger partial charge in [0.1, 0.15) is 0 Å². The van der Waals surface area contributed by atoms with Gasteiger partial charge in [-0.25, -0.2) is 0 Å². The molecule has 0 bridgehead atoms. The minimum Gasteiger partial charge on any atom is -0.481 e. The first-order valence-corrected chi connectivity index (χ1v) is 7.89. The van der Waals surface area contributed by atoms with E-state index in [1.165, 1.54) is 0 Å². The Hall–Kier alpha value is -2.37. The maximum absolute atomic E-state index is 11.8. The molecule has 0 spiro atoms. The van der Waals surface area contributed by atoms with Crippen molar-refractivity contribution < 1.29 is 19.9 Å². The standard InChI is InChI=1S/C17H24N2O4/c1-2-3-4-5-6-16(20)18-14-9-7-13(8-10-14)15(19-23)11-12-17(21)22/h7-10,23H,2-6,11-12H2,1H3,(H,18,20)(H,21,22)/b19-15+. The molecular weight excluding hydrogens is 296 g/mol. The smallest absolute Gasteiger partial charge is 0.303 e. The molecule has 6 heteroatoms. The summed E-state index contributed by atoms with van der Waals surface area (Å²) in [5, 5.41) is 23.6. The van der Waals surface area contributed by atoms with Crippen molar-refractivity contribution in [1.29, 1.82) is 0 Å². The number of carbonyl (C=O) groups is 2. The molecule has 0 atom stereocenters. The number of hydrogen-bond donors (Lipinski definition) is 3. The van der Waals surface area contributed by atoms with Gasteiger partial charge >= 0.3 is 5.97 Å². The second-order valence-corrected chi connectivity index (χ2v) is 5.38. The van der Waals surface area contributed by atoms with Gasteiger partial charge in [0.15, 0.2) is 0 Å². The molecule has 1 aromatic carbocycles. The first-order valence-electron chi connectivity index (χ1n) is 7.89. The minimum atomic E-state index is -0.946. The summed E-state index contributed by atoms with van der Waals surface area (Å²) in [6.45, 7) is 2.13. The first-order chi connectivity index (χ1) is 11.1. The summed E-state index contributed by atoms with van der Waals surface area (Å²) in [7, 11) is 0. The molecule has 0 aliphatic carbocycles. The minimum absolute atomic E-state index is 0.0178. The number of anilines is 1. The van der Waals surface area contributed by atoms with E-state index in [9.17, 15) is 9.59 Å². The number of carboxylic acids is 1. The third kappa shape index (κ3) is 7.44. The van der Waals surface area contributed by atoms with E-state index in [1.54, 1.807) is 24.3 Å². The molecule has 0 aliphatic heterocycles. The maximum Gasteiger partial charge on any atom is 0.303 e. The van der Waals surface area contributed by atoms with Crippen LogP contribution in [0.1, 0.15) is 57.4 Å². The molecular formula is C17H24N2O4. The van der Waals surface area contributed by atoms with Crippen LogP contribution in [-0.4, -0.2) is 27.9 Å². The molecule has 3 N–H and O–H groups in total. The number of aliphatic carboxylic acids is 1. The third-order valence-corrected chi connectivity index (χ3v) is 3.46. The van der Waals surface area contributed by atoms with Crippen LogP contribution in [0.25, 0.3) is 0 Å². The van der Waals surface area contributed by atoms with Crippen LogP contribution >= 0.6 is 0 Å². The lowest BCUT2D eigenvalue weighted by Gasteiger charge is -2.07. The molecule has 1 rings (SSSR count). The fraction of sp³-hybridized carbons (Fsp3) is 0.471. The topological polar surface area (TPSA) is 99.0 Å². The number of hydrogen-bond acceptors (Lipinski definition) is 4. The summed E-state index contributed by atoms with van der Waals surface area (Å²) >= 11 is 0. The van der Waals surface area contributed by atoms with Crippen LogP contribution in [0.15, 0.2) is 29.4 Å². The second kappa shape index (κ2) is 10.4. The van der Waals surface area contributed by atoms with E-state index < -0.39 is 5.97 Å². The van der Waals surface area contributed by atoms with Gasteiger partial charge in [-0.05, 0) is 24.1 Å². The summed E-state index contributed by atoms with van der Waals surface area (Å²) in [4.78, 5) is 22.4. The van der Waals surface area contributed by atoms with Crippen LogP contribution in [0, 0.1) is 0 Å². The Morgan fingerprint density at radius 3 is 2.30 bits per heavy atom. The number of nitrogens with zero attached hydrogens (tertiary/aromatic N) is 1. The Balaban J connectivity index is 2.52. The van der Waals surface area contributed by atoms with Gasteiger partial charge in [0.2, 0.25) is 5.91 Å². The zero-order chi connectivity index (χ0) is 17.1. The molecule has 1 amide bonds. The quantitative estimate of drug-likeness (QED) is 0.265. The molecule has 0 saturated heterocycles. The number of amides is 1. The lowest BCUT2D eigenvalue weighted by atomic mass is 10.1. The third-order valence-electron chi connectivity index (χ3n) is 3.46. The van der Waals surface area contributed by atoms with Crippen LogP contribution in [0.2, 0.25) is 0 Å². The van der Waals surface area contributed by atoms with Crippen molar-refractivity contribution in [1.82, 2.24) is 0 Å². The van der Waals surface area contributed by atoms with Crippen molar-refractivity contribution in [3.8, 4) is 0 Å². The molecule has 23 heavy (non-hydrogen) atoms. The summed E-state index contributed by atoms with van der Waals surface area (Å²) in [6, 6.07) is 6.82. The molecule has 126 valence electrons. The molecule has 0 aromatic heterocycles. The van der Waals surface area contributed by atoms with E-state index in [0.29, 0.717) is 23.4 Å². The Labute approximate surface area is 136 Å². The summed E-state index contributed by atoms with van der Waals surface area (Å²) in [6.07, 6.45) is 4.77. The summed E-state index contributed by atoms with van der Waals surface area (Å²) in [5.41, 5.74) is 1.62. The highest BCUT2D eigenvalue weighted by Gasteiger charge is 2.08. The maximum atomic E-state index is 11.8. The van der Waals surface area contributed by atoms with E-state index in [0.717, 1.165) is 25.7 Å². The number of rotatable bonds is 10. The van der Waals surface area contributed by atoms with Crippen LogP contribution < -0.4 is 5.32 Å². The fourth-order valence-electron chi connectivity index (χ4n) is 2.16. The Morgan fingerprint density at radius 1 is 1.04 bits per heavy atom. The van der Waals surface area contributed by atoms with Gasteiger partial charge in [0.05, 0.1) is 12.1 Å². The lowest BCUT2D eigenvalue weighted by molar-refractivity contribution is -0.136. The number of carboxylic acid groups (broad SMARTS) is 1. The molecule has 6 nitrogen and oxygen atoms in total. The van der Waals surface area contributed by atoms with Gasteiger partial charge in [-0.15, -0.1) is 0 Å². The van der Waals surface area contributed by atoms with E-state index in [-0.39, 0.29) is 18.7 Å². The SMILES string of the molecule is CCCCCCC(=O)Nc1ccc(/C(CCC(=O)O)=N/O)cc1. The first kappa shape index (κ1) is 18.7. The Kier molecular flexibility index (Phi) is 8.42. The van der Waals surface area contributed by atoms with Gasteiger partial charge in [-0.1, -0.05) is 43.5 Å². The van der Waals surface area contributed by atoms with E-state index in [2.05, 4.69) is 17.4 Å². The van der Waals surface area contributed by atoms with Crippen molar-refractivity contribution in [2.75, 3.05) is 5.32 Å². The zero-order valence-electron chi connectivity index (χ0n) is 13.4. The van der Waals surface area contributed by atoms with Crippen LogP contribution in [0.5, 0.6) is 0 Å². The number of unbranched alkanes of at least 4 members (excludes halogenated alkanes) is 3. The average molecular weight is 320 g/mol. The van der Waals surface area contributed by atoms with Crippen LogP contribution in [-0.2, 0) is 9.59 Å². The molecule has 0 fully saturated rings. The summed E-state index contributed by atoms with van der Waals surface area (Å²) in [5.74, 6) is -0.964. The van der Waals surface area contributed by atoms with E-state index >= 15 is 0 Å². The van der Waals surface area contributed by atoms with Gasteiger partial charge in [0, 0.05) is 18.5 Å². The second-order valence-electron chi connectivity index (χ2n) is 5.38. The highest BCUT2D eigenvalue weighted by molar-refractivity contribution is 6.01. The van der Waals surface area contributed by atoms with Crippen molar-refractivity contribution in [2.24, 2.45) is 5.16 Å². The number of nitrogens with one attached hydrogen (secondary N) is 1. The molecule has 0 heterocycles. The fourth-order valence-corrected chi connectivity index (χ4v) is 2.16. The Bertz CT molecular complexity index is 538. The van der Waals surface area contributed by atoms with Gasteiger partial charge in [-0.2, -0.15) is 0 Å². The average Bonchev–Trinajstić information content (AvgIpc) is 2.53. The number of benzene rings is 1. The Morgan fingerprint density at radius 2 is 1.74 bits per heavy atom. The predicted molar refractivity (Wildman–Crippen MR) is 89.0 cm³/mol. The van der Waals surface area contributed by atoms with Gasteiger partial charge in [0.25, 0.3) is 0 Å². The predicted octanol–water partition coefficient (Wildman–Crippen LogP) is 3.64. The van der Waals surface area contributed by atoms with Crippen LogP contribution in [0.3, 0.4) is 0 Å². The molecule has 0 aliphatic rings. The zero-order valence-corrected chi connectivity index (χ0v) is 13.4. The largest absolute Gasteiger partial charge is 0.481 e. The van der Waals surface area contributed by atoms with E-state index in [1.807, 2.05) is 0 Å². The lowest BCUT2D eigenvalue weighted by Crippen LogP contribution is -2.11. The van der Waals surface area contributed by atoms with Crippen molar-refractivity contribution in [2.45, 2.75) is 51.9 Å². The van der Waals surface area contributed by atoms with Crippen LogP contribution in [0.4, 0.5) is 5.69 Å². The highest BCUT2D eigenvalue weighted by Crippen LogP contribution is 2.14. The van der Waals surface area contributed by atoms with Gasteiger partial charge < -0.3 is 15.6 Å². The highest BCUT2D eigenvalue weighted by atomic mass is 16.4. The molecule has 1 aromatic rings. The normalized spacial score (nSPS) is 11.3. The summed E-state index contributed by atoms with van der Waals surface area (Å²) < 4.78 is 0. The number of carbonyl (C=O) groups excluding carboxylic acids is 1. The number of oxime groups is 1. The molecule has 0 unspecified atom stereocenters. The van der Waals surface area contributed by atoms with E-state index in [4.69, 9.17) is 10.3 Å². The van der Waals surface area contributed by atoms with Crippen molar-refractivity contribution >= 4 is 23.3 Å². The van der Waals surface area contributed by atoms with Crippen molar-refractivity contribution in [3.05, 3.63) is 29.8 Å². The monoisotopic (exact) mass is 320 g/mol. The van der Waals surface area contributed by atoms with Crippen molar-refractivity contribution in [3.63, 3.8) is 0 Å². The molecule has 0 saturated carbocycles.